The number of nitrogens with two attached hydrogens (primary N) is 1. The van der Waals surface area contributed by atoms with Crippen molar-refractivity contribution in [2.45, 2.75) is 13.3 Å². The minimum Gasteiger partial charge on any atom is -0.330 e. The Morgan fingerprint density at radius 1 is 1.36 bits per heavy atom. The van der Waals surface area contributed by atoms with Crippen LogP contribution in [0.1, 0.15) is 13.3 Å². The molecule has 0 saturated carbocycles. The Kier molecular flexibility index (Phi) is 2.82. The summed E-state index contributed by atoms with van der Waals surface area (Å²) in [5.74, 6) is 0.656. The number of hydrogen-bond donors (Lipinski definition) is 1. The molecule has 2 aliphatic rings. The van der Waals surface area contributed by atoms with Gasteiger partial charge in [0.15, 0.2) is 0 Å². The number of nitrogens with zero attached hydrogens (tertiary/aromatic N) is 2. The van der Waals surface area contributed by atoms with Gasteiger partial charge < -0.3 is 15.5 Å². The summed E-state index contributed by atoms with van der Waals surface area (Å²) in [5, 5.41) is 0. The monoisotopic (exact) mass is 197 g/mol. The van der Waals surface area contributed by atoms with Crippen molar-refractivity contribution in [2.24, 2.45) is 17.1 Å². The van der Waals surface area contributed by atoms with Crippen LogP contribution in [-0.4, -0.2) is 56.1 Å². The lowest BCUT2D eigenvalue weighted by atomic mass is 9.79. The molecule has 0 amide bonds. The van der Waals surface area contributed by atoms with Crippen molar-refractivity contribution >= 4 is 0 Å². The van der Waals surface area contributed by atoms with Crippen LogP contribution in [0.4, 0.5) is 0 Å². The van der Waals surface area contributed by atoms with Crippen molar-refractivity contribution in [3.63, 3.8) is 0 Å². The molecule has 14 heavy (non-hydrogen) atoms. The average molecular weight is 197 g/mol. The second-order valence-electron chi connectivity index (χ2n) is 5.50. The zero-order valence-electron chi connectivity index (χ0n) is 9.50. The summed E-state index contributed by atoms with van der Waals surface area (Å²) in [6, 6.07) is 0. The maximum Gasteiger partial charge on any atom is 0.00966 e. The Bertz CT molecular complexity index is 199. The molecule has 0 aromatic rings. The van der Waals surface area contributed by atoms with Gasteiger partial charge in [-0.05, 0) is 32.5 Å². The predicted molar refractivity (Wildman–Crippen MR) is 59.2 cm³/mol. The van der Waals surface area contributed by atoms with E-state index in [2.05, 4.69) is 23.8 Å². The third-order valence-electron chi connectivity index (χ3n) is 3.70. The Balaban J connectivity index is 1.78. The maximum atomic E-state index is 5.65. The number of likely N-dealkylation sites (tertiary alicyclic amines) is 2. The van der Waals surface area contributed by atoms with E-state index in [4.69, 9.17) is 5.73 Å². The lowest BCUT2D eigenvalue weighted by Crippen LogP contribution is -2.55. The van der Waals surface area contributed by atoms with Crippen LogP contribution in [-0.2, 0) is 0 Å². The first-order chi connectivity index (χ1) is 6.63. The molecule has 0 radical (unpaired) electrons. The summed E-state index contributed by atoms with van der Waals surface area (Å²) in [5.41, 5.74) is 6.31. The SMILES string of the molecule is CC(CN)CN1CCC2(CN(C)C2)C1. The fraction of sp³-hybridized carbons (Fsp3) is 1.00. The molecule has 2 aliphatic heterocycles. The molecule has 82 valence electrons. The first-order valence-corrected chi connectivity index (χ1v) is 5.74. The van der Waals surface area contributed by atoms with Crippen LogP contribution >= 0.6 is 0 Å². The lowest BCUT2D eigenvalue weighted by Gasteiger charge is -2.46. The predicted octanol–water partition coefficient (Wildman–Crippen LogP) is 0.219. The zero-order valence-corrected chi connectivity index (χ0v) is 9.50. The lowest BCUT2D eigenvalue weighted by molar-refractivity contribution is 0.0298. The highest BCUT2D eigenvalue weighted by molar-refractivity contribution is 5.00. The molecule has 1 spiro atoms. The summed E-state index contributed by atoms with van der Waals surface area (Å²) in [4.78, 5) is 5.03. The largest absolute Gasteiger partial charge is 0.330 e. The van der Waals surface area contributed by atoms with E-state index in [1.807, 2.05) is 0 Å². The molecule has 2 saturated heterocycles. The van der Waals surface area contributed by atoms with Crippen LogP contribution in [0.3, 0.4) is 0 Å². The summed E-state index contributed by atoms with van der Waals surface area (Å²) < 4.78 is 0. The molecular formula is C11H23N3. The third kappa shape index (κ3) is 1.95. The zero-order chi connectivity index (χ0) is 10.2. The quantitative estimate of drug-likeness (QED) is 0.702. The van der Waals surface area contributed by atoms with Crippen LogP contribution in [0.2, 0.25) is 0 Å². The average Bonchev–Trinajstić information content (AvgIpc) is 2.48. The molecule has 2 N–H and O–H groups in total. The van der Waals surface area contributed by atoms with Crippen LogP contribution in [0.15, 0.2) is 0 Å². The molecule has 2 heterocycles. The summed E-state index contributed by atoms with van der Waals surface area (Å²) in [7, 11) is 2.22. The van der Waals surface area contributed by atoms with Crippen molar-refractivity contribution < 1.29 is 0 Å². The van der Waals surface area contributed by atoms with Gasteiger partial charge in [-0.15, -0.1) is 0 Å². The van der Waals surface area contributed by atoms with Crippen molar-refractivity contribution in [1.82, 2.24) is 9.80 Å². The summed E-state index contributed by atoms with van der Waals surface area (Å²) >= 11 is 0. The second-order valence-corrected chi connectivity index (χ2v) is 5.50. The van der Waals surface area contributed by atoms with Crippen LogP contribution in [0.5, 0.6) is 0 Å². The van der Waals surface area contributed by atoms with Crippen LogP contribution < -0.4 is 5.73 Å². The van der Waals surface area contributed by atoms with E-state index in [9.17, 15) is 0 Å². The first-order valence-electron chi connectivity index (χ1n) is 5.74. The van der Waals surface area contributed by atoms with Gasteiger partial charge in [-0.1, -0.05) is 6.92 Å². The third-order valence-corrected chi connectivity index (χ3v) is 3.70. The Morgan fingerprint density at radius 3 is 2.64 bits per heavy atom. The van der Waals surface area contributed by atoms with E-state index >= 15 is 0 Å². The molecule has 1 atom stereocenters. The van der Waals surface area contributed by atoms with Crippen LogP contribution in [0, 0.1) is 11.3 Å². The van der Waals surface area contributed by atoms with E-state index < -0.39 is 0 Å². The molecule has 3 nitrogen and oxygen atoms in total. The van der Waals surface area contributed by atoms with Crippen molar-refractivity contribution in [3.05, 3.63) is 0 Å². The highest BCUT2D eigenvalue weighted by Crippen LogP contribution is 2.38. The molecule has 0 aromatic heterocycles. The van der Waals surface area contributed by atoms with Crippen molar-refractivity contribution in [1.29, 1.82) is 0 Å². The standard InChI is InChI=1S/C11H23N3/c1-10(5-12)6-14-4-3-11(9-14)7-13(2)8-11/h10H,3-9,12H2,1-2H3. The highest BCUT2D eigenvalue weighted by atomic mass is 15.3. The smallest absolute Gasteiger partial charge is 0.00966 e. The molecule has 2 fully saturated rings. The topological polar surface area (TPSA) is 32.5 Å². The van der Waals surface area contributed by atoms with Gasteiger partial charge in [0.2, 0.25) is 0 Å². The molecular weight excluding hydrogens is 174 g/mol. The van der Waals surface area contributed by atoms with Gasteiger partial charge in [0.1, 0.15) is 0 Å². The Labute approximate surface area is 87.2 Å². The molecule has 3 heteroatoms. The van der Waals surface area contributed by atoms with Gasteiger partial charge in [0, 0.05) is 31.6 Å². The minimum absolute atomic E-state index is 0.656. The van der Waals surface area contributed by atoms with Gasteiger partial charge in [0.25, 0.3) is 0 Å². The van der Waals surface area contributed by atoms with E-state index in [-0.39, 0.29) is 0 Å². The van der Waals surface area contributed by atoms with Crippen molar-refractivity contribution in [3.8, 4) is 0 Å². The Morgan fingerprint density at radius 2 is 2.07 bits per heavy atom. The first kappa shape index (κ1) is 10.4. The van der Waals surface area contributed by atoms with Crippen molar-refractivity contribution in [2.75, 3.05) is 46.3 Å². The fourth-order valence-corrected chi connectivity index (χ4v) is 3.06. The Hall–Kier alpha value is -0.120. The van der Waals surface area contributed by atoms with Gasteiger partial charge >= 0.3 is 0 Å². The number of hydrogen-bond acceptors (Lipinski definition) is 3. The highest BCUT2D eigenvalue weighted by Gasteiger charge is 2.45. The van der Waals surface area contributed by atoms with E-state index in [1.54, 1.807) is 0 Å². The van der Waals surface area contributed by atoms with Gasteiger partial charge in [-0.3, -0.25) is 0 Å². The maximum absolute atomic E-state index is 5.65. The molecule has 0 aliphatic carbocycles. The minimum atomic E-state index is 0.656. The van der Waals surface area contributed by atoms with E-state index in [0.29, 0.717) is 11.3 Å². The normalized spacial score (nSPS) is 29.4. The molecule has 0 aromatic carbocycles. The molecule has 0 bridgehead atoms. The molecule has 1 unspecified atom stereocenters. The van der Waals surface area contributed by atoms with Gasteiger partial charge in [-0.2, -0.15) is 0 Å². The van der Waals surface area contributed by atoms with E-state index in [1.165, 1.54) is 39.1 Å². The second kappa shape index (κ2) is 3.80. The summed E-state index contributed by atoms with van der Waals surface area (Å²) in [6.07, 6.45) is 1.40. The molecule has 2 rings (SSSR count). The van der Waals surface area contributed by atoms with E-state index in [0.717, 1.165) is 6.54 Å². The summed E-state index contributed by atoms with van der Waals surface area (Å²) in [6.45, 7) is 9.48. The van der Waals surface area contributed by atoms with Gasteiger partial charge in [0.05, 0.1) is 0 Å². The number of rotatable bonds is 3. The fourth-order valence-electron chi connectivity index (χ4n) is 3.06. The van der Waals surface area contributed by atoms with Gasteiger partial charge in [-0.25, -0.2) is 0 Å². The van der Waals surface area contributed by atoms with Crippen LogP contribution in [0.25, 0.3) is 0 Å².